The fourth-order valence-electron chi connectivity index (χ4n) is 6.97. The molecule has 0 fully saturated rings. The van der Waals surface area contributed by atoms with Gasteiger partial charge in [0.25, 0.3) is 0 Å². The number of hydrogen-bond donors (Lipinski definition) is 0. The molecule has 288 valence electrons. The minimum atomic E-state index is 0. The standard InChI is InChI=1S/C23H29.C13H8Cl2.C13H21.2ClH.Zr/c1-14-9-16-11-17-10-15(2)21(23(6,7)8)13-19(17)18(16)12-20(14)22(3,4)5;14-12-5-1-3-10(8-12)7-11-4-2-6-13(15)9-11;1-5-6-7-11-8-9-12(10-11)13(2,3)4;;;/h9-13H,1-8H3;1-6,8-9H;9-11H,5-7H2,1-4H3;2*1H;/q-1;;-1;;;+2/p-2. The molecule has 54 heavy (non-hydrogen) atoms. The van der Waals surface area contributed by atoms with E-state index in [0.29, 0.717) is 11.3 Å². The largest absolute Gasteiger partial charge is 1.00 e. The van der Waals surface area contributed by atoms with E-state index in [4.69, 9.17) is 23.2 Å². The van der Waals surface area contributed by atoms with Gasteiger partial charge >= 0.3 is 120 Å². The smallest absolute Gasteiger partial charge is 1.00 e. The van der Waals surface area contributed by atoms with Crippen molar-refractivity contribution in [3.8, 4) is 0 Å². The van der Waals surface area contributed by atoms with Crippen molar-refractivity contribution >= 4 is 48.0 Å². The molecule has 5 aromatic carbocycles. The minimum absolute atomic E-state index is 0. The van der Waals surface area contributed by atoms with E-state index in [-0.39, 0.29) is 35.6 Å². The Hall–Kier alpha value is -1.86. The third kappa shape index (κ3) is 12.8. The molecule has 5 heteroatoms. The van der Waals surface area contributed by atoms with Crippen LogP contribution in [0.5, 0.6) is 0 Å². The molecule has 0 bridgehead atoms. The molecule has 1 aliphatic carbocycles. The van der Waals surface area contributed by atoms with Gasteiger partial charge in [0.1, 0.15) is 0 Å². The quantitative estimate of drug-likeness (QED) is 0.155. The predicted molar refractivity (Wildman–Crippen MR) is 228 cm³/mol. The number of allylic oxidation sites excluding steroid dienone is 4. The summed E-state index contributed by atoms with van der Waals surface area (Å²) < 4.78 is 1.26. The van der Waals surface area contributed by atoms with Crippen LogP contribution in [-0.4, -0.2) is 3.21 Å². The second-order valence-electron chi connectivity index (χ2n) is 17.5. The fraction of sp³-hybridized carbons (Fsp3) is 0.388. The number of aryl methyl sites for hydroxylation is 2. The summed E-state index contributed by atoms with van der Waals surface area (Å²) in [4.78, 5) is 0. The van der Waals surface area contributed by atoms with Crippen molar-refractivity contribution in [3.05, 3.63) is 146 Å². The number of halogens is 4. The second-order valence-corrected chi connectivity index (χ2v) is 19.6. The molecule has 0 radical (unpaired) electrons. The summed E-state index contributed by atoms with van der Waals surface area (Å²) in [5.41, 5.74) is 10.1. The van der Waals surface area contributed by atoms with Gasteiger partial charge in [0.05, 0.1) is 0 Å². The molecule has 1 unspecified atom stereocenters. The first-order valence-electron chi connectivity index (χ1n) is 18.8. The van der Waals surface area contributed by atoms with E-state index in [1.165, 1.54) is 96.1 Å². The normalized spacial score (nSPS) is 14.0. The Balaban J connectivity index is 0.000000288. The Labute approximate surface area is 364 Å². The zero-order valence-electron chi connectivity index (χ0n) is 34.4. The van der Waals surface area contributed by atoms with E-state index >= 15 is 0 Å². The first kappa shape index (κ1) is 48.3. The molecular weight excluding hydrogens is 822 g/mol. The Morgan fingerprint density at radius 3 is 1.48 bits per heavy atom. The van der Waals surface area contributed by atoms with E-state index in [1.54, 1.807) is 0 Å². The van der Waals surface area contributed by atoms with Gasteiger partial charge in [-0.25, -0.2) is 6.08 Å². The van der Waals surface area contributed by atoms with E-state index in [0.717, 1.165) is 21.2 Å². The zero-order chi connectivity index (χ0) is 38.6. The van der Waals surface area contributed by atoms with Crippen LogP contribution in [-0.2, 0) is 35.1 Å². The van der Waals surface area contributed by atoms with Gasteiger partial charge in [0.2, 0.25) is 0 Å². The summed E-state index contributed by atoms with van der Waals surface area (Å²) in [6.45, 7) is 27.3. The molecule has 0 spiro atoms. The van der Waals surface area contributed by atoms with Crippen molar-refractivity contribution < 1.29 is 49.0 Å². The maximum absolute atomic E-state index is 5.98. The molecule has 0 amide bonds. The summed E-state index contributed by atoms with van der Waals surface area (Å²) in [5, 5.41) is 7.08. The van der Waals surface area contributed by atoms with Crippen molar-refractivity contribution in [1.29, 1.82) is 0 Å². The van der Waals surface area contributed by atoms with Crippen LogP contribution in [0.3, 0.4) is 0 Å². The molecule has 1 atom stereocenters. The molecule has 0 aliphatic heterocycles. The van der Waals surface area contributed by atoms with Gasteiger partial charge in [-0.1, -0.05) is 134 Å². The maximum Gasteiger partial charge on any atom is -1.00 e. The van der Waals surface area contributed by atoms with Crippen molar-refractivity contribution in [1.82, 2.24) is 0 Å². The third-order valence-corrected chi connectivity index (χ3v) is 11.7. The van der Waals surface area contributed by atoms with E-state index in [1.807, 2.05) is 36.4 Å². The van der Waals surface area contributed by atoms with Crippen molar-refractivity contribution in [2.24, 2.45) is 11.3 Å². The van der Waals surface area contributed by atoms with E-state index in [9.17, 15) is 0 Å². The van der Waals surface area contributed by atoms with Crippen molar-refractivity contribution in [3.63, 3.8) is 0 Å². The molecule has 0 aromatic heterocycles. The van der Waals surface area contributed by atoms with Gasteiger partial charge in [0, 0.05) is 0 Å². The molecule has 5 aromatic rings. The molecule has 0 saturated heterocycles. The van der Waals surface area contributed by atoms with Crippen LogP contribution in [0, 0.1) is 31.3 Å². The number of hydrogen-bond acceptors (Lipinski definition) is 0. The SMILES string of the molecule is CCCCC1[C-]=CC(C(C)(C)C)=C1.Cc1cc2[cH-]c3cc(C)c(C(C)(C)C)cc3c2cc1C(C)(C)C.Clc1cccc([C](=[Zr+2])c2cccc(Cl)c2)c1.[Cl-].[Cl-]. The fourth-order valence-corrected chi connectivity index (χ4v) is 8.12. The second kappa shape index (κ2) is 20.0. The Morgan fingerprint density at radius 1 is 0.685 bits per heavy atom. The van der Waals surface area contributed by atoms with E-state index in [2.05, 4.69) is 144 Å². The van der Waals surface area contributed by atoms with Crippen LogP contribution in [0.25, 0.3) is 21.5 Å². The summed E-state index contributed by atoms with van der Waals surface area (Å²) in [7, 11) is 0. The predicted octanol–water partition coefficient (Wildman–Crippen LogP) is 9.18. The number of rotatable bonds is 5. The van der Waals surface area contributed by atoms with E-state index < -0.39 is 0 Å². The van der Waals surface area contributed by atoms with Crippen molar-refractivity contribution in [2.45, 2.75) is 113 Å². The molecule has 0 heterocycles. The van der Waals surface area contributed by atoms with Gasteiger partial charge in [-0.15, -0.1) is 39.7 Å². The number of benzene rings is 4. The first-order valence-corrected chi connectivity index (χ1v) is 20.7. The molecule has 0 N–H and O–H groups in total. The Morgan fingerprint density at radius 2 is 1.13 bits per heavy atom. The van der Waals surface area contributed by atoms with Crippen LogP contribution >= 0.6 is 23.2 Å². The van der Waals surface area contributed by atoms with Crippen LogP contribution in [0.15, 0.2) is 96.6 Å². The summed E-state index contributed by atoms with van der Waals surface area (Å²) in [5.74, 6) is 0.592. The Kier molecular flexibility index (Phi) is 17.9. The minimum Gasteiger partial charge on any atom is -1.00 e. The summed E-state index contributed by atoms with van der Waals surface area (Å²) in [6.07, 6.45) is 11.9. The molecule has 1 aliphatic rings. The van der Waals surface area contributed by atoms with Crippen LogP contribution < -0.4 is 24.8 Å². The third-order valence-electron chi connectivity index (χ3n) is 9.81. The average Bonchev–Trinajstić information content (AvgIpc) is 3.66. The first-order chi connectivity index (χ1) is 24.2. The topological polar surface area (TPSA) is 0 Å². The van der Waals surface area contributed by atoms with Gasteiger partial charge in [0.15, 0.2) is 0 Å². The zero-order valence-corrected chi connectivity index (χ0v) is 39.9. The molecule has 0 saturated carbocycles. The molecule has 0 nitrogen and oxygen atoms in total. The molecular formula is C49H58Cl4Zr-2. The molecule has 6 rings (SSSR count). The van der Waals surface area contributed by atoms with Gasteiger partial charge in [-0.3, -0.25) is 6.08 Å². The van der Waals surface area contributed by atoms with Crippen molar-refractivity contribution in [2.75, 3.05) is 0 Å². The van der Waals surface area contributed by atoms with Gasteiger partial charge in [-0.05, 0) is 24.7 Å². The van der Waals surface area contributed by atoms with Crippen LogP contribution in [0.1, 0.15) is 122 Å². The number of unbranched alkanes of at least 4 members (excludes halogenated alkanes) is 1. The van der Waals surface area contributed by atoms with Gasteiger partial charge in [-0.2, -0.15) is 11.6 Å². The monoisotopic (exact) mass is 876 g/mol. The van der Waals surface area contributed by atoms with Gasteiger partial charge < -0.3 is 24.8 Å². The Bertz CT molecular complexity index is 1970. The summed E-state index contributed by atoms with van der Waals surface area (Å²) >= 11 is 13.3. The van der Waals surface area contributed by atoms with Crippen LogP contribution in [0.4, 0.5) is 0 Å². The number of fused-ring (bicyclic) bond motifs is 3. The summed E-state index contributed by atoms with van der Waals surface area (Å²) in [6, 6.07) is 27.7. The average molecular weight is 880 g/mol. The maximum atomic E-state index is 5.98. The van der Waals surface area contributed by atoms with Crippen LogP contribution in [0.2, 0.25) is 10.0 Å².